The van der Waals surface area contributed by atoms with Crippen molar-refractivity contribution in [3.63, 3.8) is 0 Å². The Kier molecular flexibility index (Phi) is 4.33. The number of anilines is 1. The van der Waals surface area contributed by atoms with Crippen LogP contribution in [0.1, 0.15) is 21.5 Å². The highest BCUT2D eigenvalue weighted by atomic mass is 16.5. The number of carboxylic acids is 1. The first-order valence-corrected chi connectivity index (χ1v) is 6.41. The molecule has 2 aromatic carbocycles. The Bertz CT molecular complexity index is 653. The van der Waals surface area contributed by atoms with Gasteiger partial charge in [0, 0.05) is 11.6 Å². The molecule has 5 nitrogen and oxygen atoms in total. The highest BCUT2D eigenvalue weighted by molar-refractivity contribution is 5.96. The standard InChI is InChI=1S/C16H17NO4/c1-10-14(17)12(16(18)19)8-13(20-2)15(10)21-9-11-6-4-3-5-7-11/h3-8H,9,17H2,1-2H3,(H,18,19). The number of methoxy groups -OCH3 is 1. The molecule has 0 aliphatic rings. The lowest BCUT2D eigenvalue weighted by Gasteiger charge is -2.16. The molecule has 0 heterocycles. The van der Waals surface area contributed by atoms with E-state index in [0.717, 1.165) is 5.56 Å². The van der Waals surface area contributed by atoms with Gasteiger partial charge in [0.05, 0.1) is 18.4 Å². The summed E-state index contributed by atoms with van der Waals surface area (Å²) in [7, 11) is 1.46. The summed E-state index contributed by atoms with van der Waals surface area (Å²) < 4.78 is 11.0. The van der Waals surface area contributed by atoms with Crippen molar-refractivity contribution in [3.8, 4) is 11.5 Å². The van der Waals surface area contributed by atoms with Gasteiger partial charge in [0.1, 0.15) is 6.61 Å². The molecule has 0 atom stereocenters. The molecule has 0 aromatic heterocycles. The van der Waals surface area contributed by atoms with Gasteiger partial charge in [-0.05, 0) is 12.5 Å². The summed E-state index contributed by atoms with van der Waals surface area (Å²) in [5.41, 5.74) is 7.62. The van der Waals surface area contributed by atoms with Gasteiger partial charge in [0.2, 0.25) is 0 Å². The SMILES string of the molecule is COc1cc(C(=O)O)c(N)c(C)c1OCc1ccccc1. The number of aromatic carboxylic acids is 1. The second-order valence-electron chi connectivity index (χ2n) is 4.57. The zero-order valence-electron chi connectivity index (χ0n) is 11.9. The van der Waals surface area contributed by atoms with Gasteiger partial charge in [-0.3, -0.25) is 0 Å². The van der Waals surface area contributed by atoms with Crippen LogP contribution in [0.15, 0.2) is 36.4 Å². The number of rotatable bonds is 5. The van der Waals surface area contributed by atoms with Crippen molar-refractivity contribution >= 4 is 11.7 Å². The van der Waals surface area contributed by atoms with Gasteiger partial charge in [-0.2, -0.15) is 0 Å². The first-order chi connectivity index (χ1) is 10.0. The summed E-state index contributed by atoms with van der Waals surface area (Å²) in [5, 5.41) is 9.13. The van der Waals surface area contributed by atoms with Gasteiger partial charge < -0.3 is 20.3 Å². The molecule has 0 spiro atoms. The van der Waals surface area contributed by atoms with Crippen LogP contribution in [0.3, 0.4) is 0 Å². The van der Waals surface area contributed by atoms with E-state index >= 15 is 0 Å². The predicted molar refractivity (Wildman–Crippen MR) is 79.9 cm³/mol. The van der Waals surface area contributed by atoms with Crippen LogP contribution in [0.2, 0.25) is 0 Å². The molecule has 0 saturated carbocycles. The molecule has 2 aromatic rings. The summed E-state index contributed by atoms with van der Waals surface area (Å²) in [5.74, 6) is -0.276. The molecule has 21 heavy (non-hydrogen) atoms. The number of benzene rings is 2. The van der Waals surface area contributed by atoms with E-state index in [0.29, 0.717) is 23.7 Å². The normalized spacial score (nSPS) is 10.2. The minimum absolute atomic E-state index is 0.0106. The van der Waals surface area contributed by atoms with Crippen LogP contribution in [-0.2, 0) is 6.61 Å². The van der Waals surface area contributed by atoms with Crippen LogP contribution in [0, 0.1) is 6.92 Å². The monoisotopic (exact) mass is 287 g/mol. The number of nitrogen functional groups attached to an aromatic ring is 1. The van der Waals surface area contributed by atoms with Gasteiger partial charge in [-0.1, -0.05) is 30.3 Å². The van der Waals surface area contributed by atoms with E-state index in [2.05, 4.69) is 0 Å². The van der Waals surface area contributed by atoms with Crippen molar-refractivity contribution < 1.29 is 19.4 Å². The zero-order valence-corrected chi connectivity index (χ0v) is 11.9. The molecule has 0 unspecified atom stereocenters. The number of carboxylic acid groups (broad SMARTS) is 1. The lowest BCUT2D eigenvalue weighted by Crippen LogP contribution is -2.08. The van der Waals surface area contributed by atoms with Crippen LogP contribution in [0.25, 0.3) is 0 Å². The Morgan fingerprint density at radius 1 is 1.29 bits per heavy atom. The summed E-state index contributed by atoms with van der Waals surface area (Å²) >= 11 is 0. The van der Waals surface area contributed by atoms with Crippen LogP contribution >= 0.6 is 0 Å². The van der Waals surface area contributed by atoms with Crippen molar-refractivity contribution in [2.75, 3.05) is 12.8 Å². The van der Waals surface area contributed by atoms with E-state index in [4.69, 9.17) is 20.3 Å². The largest absolute Gasteiger partial charge is 0.493 e. The maximum atomic E-state index is 11.2. The Morgan fingerprint density at radius 2 is 1.95 bits per heavy atom. The van der Waals surface area contributed by atoms with Crippen molar-refractivity contribution in [2.24, 2.45) is 0 Å². The van der Waals surface area contributed by atoms with Crippen molar-refractivity contribution in [1.29, 1.82) is 0 Å². The second-order valence-corrected chi connectivity index (χ2v) is 4.57. The molecule has 0 aliphatic heterocycles. The lowest BCUT2D eigenvalue weighted by atomic mass is 10.1. The first-order valence-electron chi connectivity index (χ1n) is 6.41. The van der Waals surface area contributed by atoms with Gasteiger partial charge >= 0.3 is 5.97 Å². The van der Waals surface area contributed by atoms with Gasteiger partial charge in [0.15, 0.2) is 11.5 Å². The lowest BCUT2D eigenvalue weighted by molar-refractivity contribution is 0.0697. The molecular weight excluding hydrogens is 270 g/mol. The second kappa shape index (κ2) is 6.17. The molecule has 110 valence electrons. The van der Waals surface area contributed by atoms with Crippen LogP contribution in [0.5, 0.6) is 11.5 Å². The highest BCUT2D eigenvalue weighted by Gasteiger charge is 2.19. The fraction of sp³-hybridized carbons (Fsp3) is 0.188. The maximum Gasteiger partial charge on any atom is 0.337 e. The molecular formula is C16H17NO4. The van der Waals surface area contributed by atoms with Crippen molar-refractivity contribution in [1.82, 2.24) is 0 Å². The Morgan fingerprint density at radius 3 is 2.52 bits per heavy atom. The summed E-state index contributed by atoms with van der Waals surface area (Å²) in [4.78, 5) is 11.2. The molecule has 5 heteroatoms. The fourth-order valence-electron chi connectivity index (χ4n) is 2.02. The smallest absolute Gasteiger partial charge is 0.337 e. The molecule has 3 N–H and O–H groups in total. The summed E-state index contributed by atoms with van der Waals surface area (Å²) in [6.07, 6.45) is 0. The average Bonchev–Trinajstić information content (AvgIpc) is 2.49. The molecule has 2 rings (SSSR count). The minimum atomic E-state index is -1.09. The van der Waals surface area contributed by atoms with E-state index < -0.39 is 5.97 Å². The third-order valence-electron chi connectivity index (χ3n) is 3.21. The number of ether oxygens (including phenoxy) is 2. The molecule has 0 radical (unpaired) electrons. The topological polar surface area (TPSA) is 81.8 Å². The van der Waals surface area contributed by atoms with Gasteiger partial charge in [-0.15, -0.1) is 0 Å². The van der Waals surface area contributed by atoms with E-state index in [1.54, 1.807) is 6.92 Å². The minimum Gasteiger partial charge on any atom is -0.493 e. The molecule has 0 fully saturated rings. The van der Waals surface area contributed by atoms with Crippen LogP contribution in [-0.4, -0.2) is 18.2 Å². The van der Waals surface area contributed by atoms with Gasteiger partial charge in [0.25, 0.3) is 0 Å². The van der Waals surface area contributed by atoms with Crippen molar-refractivity contribution in [2.45, 2.75) is 13.5 Å². The third-order valence-corrected chi connectivity index (χ3v) is 3.21. The maximum absolute atomic E-state index is 11.2. The number of hydrogen-bond donors (Lipinski definition) is 2. The molecule has 0 saturated heterocycles. The quantitative estimate of drug-likeness (QED) is 0.826. The van der Waals surface area contributed by atoms with Gasteiger partial charge in [-0.25, -0.2) is 4.79 Å². The Labute approximate surface area is 122 Å². The highest BCUT2D eigenvalue weighted by Crippen LogP contribution is 2.37. The van der Waals surface area contributed by atoms with Crippen LogP contribution in [0.4, 0.5) is 5.69 Å². The average molecular weight is 287 g/mol. The van der Waals surface area contributed by atoms with E-state index in [-0.39, 0.29) is 11.3 Å². The molecule has 0 bridgehead atoms. The first kappa shape index (κ1) is 14.7. The molecule has 0 amide bonds. The number of hydrogen-bond acceptors (Lipinski definition) is 4. The third kappa shape index (κ3) is 3.08. The summed E-state index contributed by atoms with van der Waals surface area (Å²) in [6.45, 7) is 2.06. The Balaban J connectivity index is 2.34. The zero-order chi connectivity index (χ0) is 15.4. The predicted octanol–water partition coefficient (Wildman–Crippen LogP) is 2.86. The van der Waals surface area contributed by atoms with E-state index in [1.165, 1.54) is 13.2 Å². The van der Waals surface area contributed by atoms with E-state index in [9.17, 15) is 4.79 Å². The number of carbonyl (C=O) groups is 1. The number of nitrogens with two attached hydrogens (primary N) is 1. The van der Waals surface area contributed by atoms with Crippen LogP contribution < -0.4 is 15.2 Å². The molecule has 0 aliphatic carbocycles. The van der Waals surface area contributed by atoms with Crippen molar-refractivity contribution in [3.05, 3.63) is 53.1 Å². The van der Waals surface area contributed by atoms with E-state index in [1.807, 2.05) is 30.3 Å². The summed E-state index contributed by atoms with van der Waals surface area (Å²) in [6, 6.07) is 11.0. The fourth-order valence-corrected chi connectivity index (χ4v) is 2.02. The Hall–Kier alpha value is -2.69.